The third kappa shape index (κ3) is 3.61. The van der Waals surface area contributed by atoms with Gasteiger partial charge in [-0.15, -0.1) is 0 Å². The fraction of sp³-hybridized carbons (Fsp3) is 0.655. The number of hydrogen-bond donors (Lipinski definition) is 1. The molecule has 0 amide bonds. The van der Waals surface area contributed by atoms with Crippen molar-refractivity contribution in [2.24, 2.45) is 28.6 Å². The standard InChI is InChI=1S/C29H35F3N2O5S/c1-6-34-22(10-16(3)33-34)24(37)39-29(25(38)40-14-30)15(2)9-18-19-12-21(31)20-11-17(35)7-8-26(20,4)28(19,32)23(36)13-27(18,29)5/h7-8,10-11,15,18-19,21,23,36H,6,9,12-14H2,1-5H3/t15-,18+,19+,21+,23+,26+,27+,28+,29+/m1/s1. The minimum absolute atomic E-state index is 0.00241. The van der Waals surface area contributed by atoms with Gasteiger partial charge in [-0.05, 0) is 81.5 Å². The van der Waals surface area contributed by atoms with Gasteiger partial charge in [0, 0.05) is 29.2 Å². The highest BCUT2D eigenvalue weighted by molar-refractivity contribution is 8.13. The van der Waals surface area contributed by atoms with E-state index in [1.165, 1.54) is 29.8 Å². The lowest BCUT2D eigenvalue weighted by molar-refractivity contribution is -0.221. The summed E-state index contributed by atoms with van der Waals surface area (Å²) in [5, 5.41) is 15.2. The summed E-state index contributed by atoms with van der Waals surface area (Å²) < 4.78 is 54.5. The SMILES string of the molecule is CCn1nc(C)cc1C(=O)O[C@]1(C(=O)SCF)[C@H](C)C[C@H]2[C@@H]3C[C@H](F)C4=CC(=O)C=C[C@]4(C)[C@@]3(F)[C@@H](O)C[C@@]21C. The van der Waals surface area contributed by atoms with Crippen molar-refractivity contribution in [3.05, 3.63) is 41.3 Å². The van der Waals surface area contributed by atoms with Gasteiger partial charge in [-0.3, -0.25) is 14.3 Å². The van der Waals surface area contributed by atoms with Gasteiger partial charge in [-0.25, -0.2) is 18.0 Å². The van der Waals surface area contributed by atoms with E-state index in [2.05, 4.69) is 5.10 Å². The molecule has 3 saturated carbocycles. The van der Waals surface area contributed by atoms with E-state index < -0.39 is 75.0 Å². The van der Waals surface area contributed by atoms with Crippen LogP contribution in [0.5, 0.6) is 0 Å². The summed E-state index contributed by atoms with van der Waals surface area (Å²) in [6.45, 7) is 8.73. The summed E-state index contributed by atoms with van der Waals surface area (Å²) in [7, 11) is 0. The zero-order chi connectivity index (χ0) is 29.4. The monoisotopic (exact) mass is 580 g/mol. The molecule has 4 aliphatic rings. The maximum Gasteiger partial charge on any atom is 0.357 e. The molecule has 0 bridgehead atoms. The van der Waals surface area contributed by atoms with Crippen LogP contribution in [0.2, 0.25) is 0 Å². The number of esters is 1. The first-order valence-corrected chi connectivity index (χ1v) is 14.7. The number of rotatable bonds is 5. The number of aliphatic hydroxyl groups excluding tert-OH is 1. The number of nitrogens with zero attached hydrogens (tertiary/aromatic N) is 2. The predicted molar refractivity (Wildman–Crippen MR) is 143 cm³/mol. The Hall–Kier alpha value is -2.40. The lowest BCUT2D eigenvalue weighted by atomic mass is 9.44. The number of aromatic nitrogens is 2. The predicted octanol–water partition coefficient (Wildman–Crippen LogP) is 4.86. The summed E-state index contributed by atoms with van der Waals surface area (Å²) in [6, 6.07) is 0.475. The Morgan fingerprint density at radius 3 is 2.62 bits per heavy atom. The number of fused-ring (bicyclic) bond motifs is 5. The zero-order valence-corrected chi connectivity index (χ0v) is 24.1. The van der Waals surface area contributed by atoms with Crippen molar-refractivity contribution in [1.29, 1.82) is 0 Å². The molecular weight excluding hydrogens is 545 g/mol. The van der Waals surface area contributed by atoms with E-state index in [9.17, 15) is 23.9 Å². The van der Waals surface area contributed by atoms with Gasteiger partial charge >= 0.3 is 5.97 Å². The van der Waals surface area contributed by atoms with Crippen LogP contribution in [-0.4, -0.2) is 61.3 Å². The maximum absolute atomic E-state index is 17.5. The third-order valence-electron chi connectivity index (χ3n) is 10.3. The molecule has 218 valence electrons. The molecule has 1 N–H and O–H groups in total. The molecule has 11 heteroatoms. The Kier molecular flexibility index (Phi) is 6.97. The van der Waals surface area contributed by atoms with E-state index in [4.69, 9.17) is 4.74 Å². The summed E-state index contributed by atoms with van der Waals surface area (Å²) in [5.41, 5.74) is -6.50. The fourth-order valence-corrected chi connectivity index (χ4v) is 9.31. The van der Waals surface area contributed by atoms with E-state index in [1.807, 2.05) is 0 Å². The topological polar surface area (TPSA) is 98.5 Å². The molecule has 1 aromatic heterocycles. The van der Waals surface area contributed by atoms with Gasteiger partial charge in [0.25, 0.3) is 0 Å². The van der Waals surface area contributed by atoms with Crippen LogP contribution in [0.25, 0.3) is 0 Å². The first-order chi connectivity index (χ1) is 18.7. The number of ether oxygens (including phenoxy) is 1. The number of aliphatic hydroxyl groups is 1. The second-order valence-corrected chi connectivity index (χ2v) is 13.0. The van der Waals surface area contributed by atoms with Crippen LogP contribution in [0.15, 0.2) is 29.9 Å². The maximum atomic E-state index is 17.5. The Morgan fingerprint density at radius 2 is 1.98 bits per heavy atom. The molecule has 0 saturated heterocycles. The fourth-order valence-electron chi connectivity index (χ4n) is 8.52. The summed E-state index contributed by atoms with van der Waals surface area (Å²) in [6.07, 6.45) is -0.0635. The molecule has 0 spiro atoms. The third-order valence-corrected chi connectivity index (χ3v) is 11.0. The number of carbonyl (C=O) groups excluding carboxylic acids is 3. The number of ketones is 1. The minimum atomic E-state index is -2.35. The summed E-state index contributed by atoms with van der Waals surface area (Å²) in [4.78, 5) is 39.5. The number of hydrogen-bond acceptors (Lipinski definition) is 7. The molecule has 9 atom stereocenters. The molecular formula is C29H35F3N2O5S. The highest BCUT2D eigenvalue weighted by Gasteiger charge is 2.78. The van der Waals surface area contributed by atoms with Crippen LogP contribution in [0.4, 0.5) is 13.2 Å². The second kappa shape index (κ2) is 9.58. The highest BCUT2D eigenvalue weighted by Crippen LogP contribution is 2.72. The van der Waals surface area contributed by atoms with Crippen molar-refractivity contribution in [3.8, 4) is 0 Å². The number of halogens is 3. The van der Waals surface area contributed by atoms with Crippen LogP contribution < -0.4 is 0 Å². The van der Waals surface area contributed by atoms with Crippen LogP contribution in [0, 0.1) is 35.5 Å². The highest BCUT2D eigenvalue weighted by atomic mass is 32.2. The molecule has 5 rings (SSSR count). The Bertz CT molecular complexity index is 1330. The molecule has 7 nitrogen and oxygen atoms in total. The van der Waals surface area contributed by atoms with Gasteiger partial charge in [0.05, 0.1) is 11.8 Å². The molecule has 0 radical (unpaired) electrons. The normalized spacial score (nSPS) is 42.1. The van der Waals surface area contributed by atoms with Gasteiger partial charge in [0.2, 0.25) is 5.12 Å². The van der Waals surface area contributed by atoms with Crippen LogP contribution >= 0.6 is 11.8 Å². The average molecular weight is 581 g/mol. The number of carbonyl (C=O) groups is 3. The van der Waals surface area contributed by atoms with Gasteiger partial charge < -0.3 is 9.84 Å². The van der Waals surface area contributed by atoms with Crippen LogP contribution in [0.1, 0.15) is 63.1 Å². The first-order valence-electron chi connectivity index (χ1n) is 13.7. The molecule has 3 fully saturated rings. The molecule has 0 unspecified atom stereocenters. The van der Waals surface area contributed by atoms with E-state index in [0.29, 0.717) is 24.0 Å². The van der Waals surface area contributed by atoms with Crippen LogP contribution in [0.3, 0.4) is 0 Å². The lowest BCUT2D eigenvalue weighted by Gasteiger charge is -2.63. The Labute approximate surface area is 235 Å². The molecule has 0 aromatic carbocycles. The number of allylic oxidation sites excluding steroid dienone is 4. The Balaban J connectivity index is 1.63. The summed E-state index contributed by atoms with van der Waals surface area (Å²) >= 11 is 0.373. The largest absolute Gasteiger partial charge is 0.444 e. The minimum Gasteiger partial charge on any atom is -0.444 e. The van der Waals surface area contributed by atoms with Gasteiger partial charge in [-0.2, -0.15) is 5.10 Å². The molecule has 4 aliphatic carbocycles. The molecule has 0 aliphatic heterocycles. The van der Waals surface area contributed by atoms with Crippen LogP contribution in [-0.2, 0) is 20.9 Å². The van der Waals surface area contributed by atoms with Crippen molar-refractivity contribution in [2.45, 2.75) is 84.0 Å². The quantitative estimate of drug-likeness (QED) is 0.497. The lowest BCUT2D eigenvalue weighted by Crippen LogP contribution is -2.70. The molecule has 40 heavy (non-hydrogen) atoms. The molecule has 1 aromatic rings. The first kappa shape index (κ1) is 29.1. The molecule has 1 heterocycles. The van der Waals surface area contributed by atoms with Crippen molar-refractivity contribution < 1.29 is 37.4 Å². The summed E-state index contributed by atoms with van der Waals surface area (Å²) in [5.74, 6) is -3.70. The number of alkyl halides is 3. The average Bonchev–Trinajstić information content (AvgIpc) is 3.38. The van der Waals surface area contributed by atoms with Crippen molar-refractivity contribution in [3.63, 3.8) is 0 Å². The second-order valence-electron chi connectivity index (χ2n) is 12.1. The van der Waals surface area contributed by atoms with E-state index in [1.54, 1.807) is 27.7 Å². The van der Waals surface area contributed by atoms with E-state index in [-0.39, 0.29) is 30.5 Å². The van der Waals surface area contributed by atoms with Crippen molar-refractivity contribution >= 4 is 28.6 Å². The van der Waals surface area contributed by atoms with Crippen molar-refractivity contribution in [1.82, 2.24) is 9.78 Å². The van der Waals surface area contributed by atoms with E-state index in [0.717, 1.165) is 6.08 Å². The number of thioether (sulfide) groups is 1. The van der Waals surface area contributed by atoms with Gasteiger partial charge in [0.1, 0.15) is 17.9 Å². The Morgan fingerprint density at radius 1 is 1.27 bits per heavy atom. The van der Waals surface area contributed by atoms with Gasteiger partial charge in [-0.1, -0.05) is 19.9 Å². The van der Waals surface area contributed by atoms with Gasteiger partial charge in [0.15, 0.2) is 17.1 Å². The van der Waals surface area contributed by atoms with Crippen molar-refractivity contribution in [2.75, 3.05) is 6.01 Å². The smallest absolute Gasteiger partial charge is 0.357 e. The number of aryl methyl sites for hydroxylation is 2. The zero-order valence-electron chi connectivity index (χ0n) is 23.2. The van der Waals surface area contributed by atoms with E-state index >= 15 is 8.78 Å².